The Morgan fingerprint density at radius 3 is 2.59 bits per heavy atom. The minimum Gasteiger partial charge on any atom is -0.481 e. The highest BCUT2D eigenvalue weighted by molar-refractivity contribution is 7.91. The fourth-order valence-electron chi connectivity index (χ4n) is 2.48. The molecule has 1 aliphatic heterocycles. The fourth-order valence-corrected chi connectivity index (χ4v) is 3.41. The van der Waals surface area contributed by atoms with Gasteiger partial charge in [-0.2, -0.15) is 0 Å². The van der Waals surface area contributed by atoms with Crippen molar-refractivity contribution in [3.8, 4) is 0 Å². The first-order valence-corrected chi connectivity index (χ1v) is 8.70. The van der Waals surface area contributed by atoms with Gasteiger partial charge in [0, 0.05) is 18.7 Å². The second-order valence-corrected chi connectivity index (χ2v) is 8.05. The summed E-state index contributed by atoms with van der Waals surface area (Å²) in [5.74, 6) is -1.30. The second kappa shape index (κ2) is 5.72. The van der Waals surface area contributed by atoms with E-state index in [1.165, 1.54) is 23.1 Å². The molecule has 120 valence electrons. The van der Waals surface area contributed by atoms with Crippen molar-refractivity contribution in [2.45, 2.75) is 25.2 Å². The van der Waals surface area contributed by atoms with Gasteiger partial charge in [0.2, 0.25) is 0 Å². The van der Waals surface area contributed by atoms with Crippen LogP contribution in [-0.4, -0.2) is 49.1 Å². The minimum atomic E-state index is -3.38. The number of likely N-dealkylation sites (tertiary alicyclic amines) is 1. The van der Waals surface area contributed by atoms with E-state index in [2.05, 4.69) is 0 Å². The van der Waals surface area contributed by atoms with Crippen molar-refractivity contribution in [3.05, 3.63) is 29.8 Å². The molecule has 1 aliphatic rings. The molecule has 1 N–H and O–H groups in total. The van der Waals surface area contributed by atoms with Gasteiger partial charge in [-0.05, 0) is 31.5 Å². The maximum absolute atomic E-state index is 12.5. The molecule has 2 rings (SSSR count). The van der Waals surface area contributed by atoms with Crippen molar-refractivity contribution in [1.29, 1.82) is 0 Å². The van der Waals surface area contributed by atoms with Crippen LogP contribution in [0.4, 0.5) is 0 Å². The van der Waals surface area contributed by atoms with E-state index in [1.54, 1.807) is 19.9 Å². The Morgan fingerprint density at radius 2 is 2.05 bits per heavy atom. The van der Waals surface area contributed by atoms with Gasteiger partial charge in [0.1, 0.15) is 0 Å². The molecule has 0 bridgehead atoms. The zero-order chi connectivity index (χ0) is 16.5. The Balaban J connectivity index is 2.25. The number of hydrogen-bond acceptors (Lipinski definition) is 4. The van der Waals surface area contributed by atoms with Crippen LogP contribution in [0.1, 0.15) is 30.6 Å². The number of rotatable bonds is 4. The Bertz CT molecular complexity index is 712. The first kappa shape index (κ1) is 16.5. The SMILES string of the molecule is CCS(=O)(=O)c1cccc(C(=O)N2CCC(C)(C(=O)O)C2)c1. The van der Waals surface area contributed by atoms with Gasteiger partial charge in [-0.1, -0.05) is 13.0 Å². The highest BCUT2D eigenvalue weighted by Gasteiger charge is 2.42. The molecule has 1 fully saturated rings. The van der Waals surface area contributed by atoms with Gasteiger partial charge in [0.05, 0.1) is 16.1 Å². The first-order chi connectivity index (χ1) is 10.2. The molecule has 7 heteroatoms. The van der Waals surface area contributed by atoms with Gasteiger partial charge in [-0.15, -0.1) is 0 Å². The predicted octanol–water partition coefficient (Wildman–Crippen LogP) is 1.42. The van der Waals surface area contributed by atoms with E-state index in [0.29, 0.717) is 13.0 Å². The molecular weight excluding hydrogens is 306 g/mol. The van der Waals surface area contributed by atoms with Crippen LogP contribution in [0.25, 0.3) is 0 Å². The van der Waals surface area contributed by atoms with Crippen LogP contribution >= 0.6 is 0 Å². The van der Waals surface area contributed by atoms with Gasteiger partial charge in [0.25, 0.3) is 5.91 Å². The van der Waals surface area contributed by atoms with Gasteiger partial charge >= 0.3 is 5.97 Å². The molecule has 0 spiro atoms. The van der Waals surface area contributed by atoms with E-state index >= 15 is 0 Å². The fraction of sp³-hybridized carbons (Fsp3) is 0.467. The van der Waals surface area contributed by atoms with E-state index in [-0.39, 0.29) is 28.7 Å². The summed E-state index contributed by atoms with van der Waals surface area (Å²) in [6.45, 7) is 3.64. The van der Waals surface area contributed by atoms with Gasteiger partial charge in [0.15, 0.2) is 9.84 Å². The summed E-state index contributed by atoms with van der Waals surface area (Å²) < 4.78 is 23.8. The lowest BCUT2D eigenvalue weighted by atomic mass is 9.90. The van der Waals surface area contributed by atoms with Crippen LogP contribution in [0, 0.1) is 5.41 Å². The largest absolute Gasteiger partial charge is 0.481 e. The zero-order valence-electron chi connectivity index (χ0n) is 12.6. The van der Waals surface area contributed by atoms with Crippen molar-refractivity contribution in [3.63, 3.8) is 0 Å². The number of carboxylic acids is 1. The summed E-state index contributed by atoms with van der Waals surface area (Å²) in [4.78, 5) is 25.3. The molecule has 1 aromatic carbocycles. The molecule has 1 saturated heterocycles. The number of sulfone groups is 1. The van der Waals surface area contributed by atoms with E-state index in [9.17, 15) is 23.1 Å². The molecule has 0 aromatic heterocycles. The standard InChI is InChI=1S/C15H19NO5S/c1-3-22(20,21)12-6-4-5-11(9-12)13(17)16-8-7-15(2,10-16)14(18)19/h4-6,9H,3,7-8,10H2,1-2H3,(H,18,19). The van der Waals surface area contributed by atoms with Gasteiger partial charge in [-0.25, -0.2) is 8.42 Å². The monoisotopic (exact) mass is 325 g/mol. The molecular formula is C15H19NO5S. The van der Waals surface area contributed by atoms with E-state index in [0.717, 1.165) is 0 Å². The van der Waals surface area contributed by atoms with Crippen molar-refractivity contribution < 1.29 is 23.1 Å². The molecule has 6 nitrogen and oxygen atoms in total. The highest BCUT2D eigenvalue weighted by Crippen LogP contribution is 2.31. The molecule has 22 heavy (non-hydrogen) atoms. The number of carbonyl (C=O) groups excluding carboxylic acids is 1. The molecule has 1 atom stereocenters. The molecule has 1 aromatic rings. The summed E-state index contributed by atoms with van der Waals surface area (Å²) in [7, 11) is -3.38. The zero-order valence-corrected chi connectivity index (χ0v) is 13.4. The van der Waals surface area contributed by atoms with Crippen LogP contribution in [0.2, 0.25) is 0 Å². The van der Waals surface area contributed by atoms with E-state index in [1.807, 2.05) is 0 Å². The van der Waals surface area contributed by atoms with Gasteiger partial charge in [-0.3, -0.25) is 9.59 Å². The maximum atomic E-state index is 12.5. The summed E-state index contributed by atoms with van der Waals surface area (Å²) in [5, 5.41) is 9.21. The summed E-state index contributed by atoms with van der Waals surface area (Å²) in [6.07, 6.45) is 0.390. The van der Waals surface area contributed by atoms with Crippen molar-refractivity contribution in [2.24, 2.45) is 5.41 Å². The number of aliphatic carboxylic acids is 1. The lowest BCUT2D eigenvalue weighted by molar-refractivity contribution is -0.147. The van der Waals surface area contributed by atoms with Crippen molar-refractivity contribution in [2.75, 3.05) is 18.8 Å². The quantitative estimate of drug-likeness (QED) is 0.904. The number of amides is 1. The molecule has 0 aliphatic carbocycles. The van der Waals surface area contributed by atoms with Crippen LogP contribution in [0.5, 0.6) is 0 Å². The second-order valence-electron chi connectivity index (χ2n) is 5.77. The lowest BCUT2D eigenvalue weighted by Crippen LogP contribution is -2.34. The van der Waals surface area contributed by atoms with E-state index in [4.69, 9.17) is 0 Å². The Labute approximate surface area is 129 Å². The minimum absolute atomic E-state index is 0.0363. The molecule has 0 radical (unpaired) electrons. The average molecular weight is 325 g/mol. The van der Waals surface area contributed by atoms with Crippen LogP contribution < -0.4 is 0 Å². The number of carboxylic acid groups (broad SMARTS) is 1. The van der Waals surface area contributed by atoms with Crippen molar-refractivity contribution >= 4 is 21.7 Å². The lowest BCUT2D eigenvalue weighted by Gasteiger charge is -2.20. The summed E-state index contributed by atoms with van der Waals surface area (Å²) >= 11 is 0. The normalized spacial score (nSPS) is 21.8. The molecule has 1 amide bonds. The van der Waals surface area contributed by atoms with Gasteiger partial charge < -0.3 is 10.0 Å². The summed E-state index contributed by atoms with van der Waals surface area (Å²) in [6, 6.07) is 5.90. The third kappa shape index (κ3) is 2.99. The number of benzene rings is 1. The van der Waals surface area contributed by atoms with Crippen LogP contribution in [-0.2, 0) is 14.6 Å². The molecule has 1 heterocycles. The maximum Gasteiger partial charge on any atom is 0.311 e. The Kier molecular flexibility index (Phi) is 4.28. The Morgan fingerprint density at radius 1 is 1.36 bits per heavy atom. The first-order valence-electron chi connectivity index (χ1n) is 7.05. The Hall–Kier alpha value is -1.89. The number of hydrogen-bond donors (Lipinski definition) is 1. The highest BCUT2D eigenvalue weighted by atomic mass is 32.2. The number of carbonyl (C=O) groups is 2. The van der Waals surface area contributed by atoms with E-state index < -0.39 is 21.2 Å². The third-order valence-electron chi connectivity index (χ3n) is 4.10. The summed E-state index contributed by atoms with van der Waals surface area (Å²) in [5.41, 5.74) is -0.674. The van der Waals surface area contributed by atoms with Crippen molar-refractivity contribution in [1.82, 2.24) is 4.90 Å². The number of nitrogens with zero attached hydrogens (tertiary/aromatic N) is 1. The topological polar surface area (TPSA) is 91.8 Å². The van der Waals surface area contributed by atoms with Crippen LogP contribution in [0.15, 0.2) is 29.2 Å². The smallest absolute Gasteiger partial charge is 0.311 e. The molecule has 1 unspecified atom stereocenters. The van der Waals surface area contributed by atoms with Crippen LogP contribution in [0.3, 0.4) is 0 Å². The average Bonchev–Trinajstić information content (AvgIpc) is 2.90. The molecule has 0 saturated carbocycles. The third-order valence-corrected chi connectivity index (χ3v) is 5.83. The predicted molar refractivity (Wildman–Crippen MR) is 80.4 cm³/mol.